The molecule has 0 radical (unpaired) electrons. The molecule has 0 aliphatic carbocycles. The van der Waals surface area contributed by atoms with Gasteiger partial charge in [0.05, 0.1) is 6.10 Å². The molecule has 0 bridgehead atoms. The summed E-state index contributed by atoms with van der Waals surface area (Å²) in [5.41, 5.74) is 2.37. The van der Waals surface area contributed by atoms with Gasteiger partial charge in [-0.2, -0.15) is 0 Å². The normalized spacial score (nSPS) is 18.8. The van der Waals surface area contributed by atoms with Gasteiger partial charge in [-0.1, -0.05) is 24.6 Å². The van der Waals surface area contributed by atoms with Gasteiger partial charge >= 0.3 is 0 Å². The number of ether oxygens (including phenoxy) is 1. The Balaban J connectivity index is 2.10. The topological polar surface area (TPSA) is 24.5 Å². The van der Waals surface area contributed by atoms with E-state index in [1.807, 2.05) is 12.1 Å². The maximum absolute atomic E-state index is 6.33. The molecule has 1 fully saturated rings. The van der Waals surface area contributed by atoms with Gasteiger partial charge in [0.2, 0.25) is 0 Å². The van der Waals surface area contributed by atoms with Gasteiger partial charge in [0.15, 0.2) is 0 Å². The lowest BCUT2D eigenvalue weighted by Crippen LogP contribution is -2.30. The molecule has 1 N–H and O–H groups in total. The van der Waals surface area contributed by atoms with Gasteiger partial charge in [-0.25, -0.2) is 0 Å². The molecule has 1 unspecified atom stereocenters. The predicted octanol–water partition coefficient (Wildman–Crippen LogP) is 3.06. The quantitative estimate of drug-likeness (QED) is 0.868. The molecule has 4 heteroatoms. The van der Waals surface area contributed by atoms with Gasteiger partial charge < -0.3 is 15.0 Å². The molecule has 0 aromatic heterocycles. The Labute approximate surface area is 120 Å². The Bertz CT molecular complexity index is 405. The molecule has 3 nitrogen and oxygen atoms in total. The minimum Gasteiger partial charge on any atom is -0.376 e. The first-order valence-electron chi connectivity index (χ1n) is 7.03. The van der Waals surface area contributed by atoms with Crippen molar-refractivity contribution in [3.05, 3.63) is 28.8 Å². The maximum Gasteiger partial charge on any atom is 0.0750 e. The standard InChI is InChI=1S/C15H23ClN2O/c1-3-17-10-13-14(16)7-4-8-15(13)18(2)11-12-6-5-9-19-12/h4,7-8,12,17H,3,5-6,9-11H2,1-2H3. The Kier molecular flexibility index (Phi) is 5.49. The zero-order chi connectivity index (χ0) is 13.7. The maximum atomic E-state index is 6.33. The number of anilines is 1. The van der Waals surface area contributed by atoms with Crippen LogP contribution < -0.4 is 10.2 Å². The molecule has 1 atom stereocenters. The van der Waals surface area contributed by atoms with Crippen LogP contribution in [0.15, 0.2) is 18.2 Å². The molecule has 19 heavy (non-hydrogen) atoms. The van der Waals surface area contributed by atoms with Crippen LogP contribution in [0.25, 0.3) is 0 Å². The third kappa shape index (κ3) is 3.85. The number of nitrogens with zero attached hydrogens (tertiary/aromatic N) is 1. The largest absolute Gasteiger partial charge is 0.376 e. The summed E-state index contributed by atoms with van der Waals surface area (Å²) in [4.78, 5) is 2.26. The number of benzene rings is 1. The van der Waals surface area contributed by atoms with Crippen molar-refractivity contribution in [3.63, 3.8) is 0 Å². The third-order valence-corrected chi connectivity index (χ3v) is 3.91. The first-order chi connectivity index (χ1) is 9.22. The molecule has 1 heterocycles. The highest BCUT2D eigenvalue weighted by molar-refractivity contribution is 6.31. The highest BCUT2D eigenvalue weighted by Gasteiger charge is 2.19. The van der Waals surface area contributed by atoms with Crippen LogP contribution in [-0.2, 0) is 11.3 Å². The van der Waals surface area contributed by atoms with E-state index in [0.717, 1.165) is 37.7 Å². The lowest BCUT2D eigenvalue weighted by atomic mass is 10.1. The fraction of sp³-hybridized carbons (Fsp3) is 0.600. The van der Waals surface area contributed by atoms with Crippen molar-refractivity contribution in [2.24, 2.45) is 0 Å². The average Bonchev–Trinajstić information content (AvgIpc) is 2.90. The van der Waals surface area contributed by atoms with Crippen LogP contribution in [0, 0.1) is 0 Å². The van der Waals surface area contributed by atoms with E-state index in [0.29, 0.717) is 6.10 Å². The molecule has 1 aliphatic rings. The Morgan fingerprint density at radius 1 is 1.47 bits per heavy atom. The minimum atomic E-state index is 0.357. The summed E-state index contributed by atoms with van der Waals surface area (Å²) in [5, 5.41) is 4.18. The highest BCUT2D eigenvalue weighted by Crippen LogP contribution is 2.28. The molecule has 1 aromatic carbocycles. The van der Waals surface area contributed by atoms with Gasteiger partial charge in [0.1, 0.15) is 0 Å². The summed E-state index contributed by atoms with van der Waals surface area (Å²) in [6.45, 7) is 5.69. The lowest BCUT2D eigenvalue weighted by Gasteiger charge is -2.26. The molecule has 0 spiro atoms. The van der Waals surface area contributed by atoms with Crippen molar-refractivity contribution in [1.82, 2.24) is 5.32 Å². The van der Waals surface area contributed by atoms with Crippen molar-refractivity contribution in [2.75, 3.05) is 31.6 Å². The van der Waals surface area contributed by atoms with E-state index < -0.39 is 0 Å². The van der Waals surface area contributed by atoms with E-state index in [1.165, 1.54) is 17.7 Å². The minimum absolute atomic E-state index is 0.357. The van der Waals surface area contributed by atoms with E-state index in [4.69, 9.17) is 16.3 Å². The molecule has 1 aromatic rings. The summed E-state index contributed by atoms with van der Waals surface area (Å²) < 4.78 is 5.71. The van der Waals surface area contributed by atoms with Crippen LogP contribution in [0.2, 0.25) is 5.02 Å². The van der Waals surface area contributed by atoms with Crippen molar-refractivity contribution < 1.29 is 4.74 Å². The van der Waals surface area contributed by atoms with Gasteiger partial charge in [-0.15, -0.1) is 0 Å². The number of hydrogen-bond acceptors (Lipinski definition) is 3. The molecule has 0 amide bonds. The summed E-state index contributed by atoms with van der Waals surface area (Å²) in [6.07, 6.45) is 2.70. The Morgan fingerprint density at radius 2 is 2.32 bits per heavy atom. The first-order valence-corrected chi connectivity index (χ1v) is 7.41. The van der Waals surface area contributed by atoms with E-state index >= 15 is 0 Å². The lowest BCUT2D eigenvalue weighted by molar-refractivity contribution is 0.116. The number of likely N-dealkylation sites (N-methyl/N-ethyl adjacent to an activating group) is 1. The fourth-order valence-corrected chi connectivity index (χ4v) is 2.76. The van der Waals surface area contributed by atoms with E-state index in [9.17, 15) is 0 Å². The van der Waals surface area contributed by atoms with Crippen molar-refractivity contribution in [1.29, 1.82) is 0 Å². The van der Waals surface area contributed by atoms with Crippen molar-refractivity contribution in [2.45, 2.75) is 32.4 Å². The molecule has 106 valence electrons. The zero-order valence-corrected chi connectivity index (χ0v) is 12.5. The first kappa shape index (κ1) is 14.6. The second-order valence-electron chi connectivity index (χ2n) is 5.03. The smallest absolute Gasteiger partial charge is 0.0750 e. The highest BCUT2D eigenvalue weighted by atomic mass is 35.5. The second-order valence-corrected chi connectivity index (χ2v) is 5.44. The van der Waals surface area contributed by atoms with Crippen LogP contribution in [0.5, 0.6) is 0 Å². The number of nitrogens with one attached hydrogen (secondary N) is 1. The molecule has 1 aliphatic heterocycles. The summed E-state index contributed by atoms with van der Waals surface area (Å²) in [5.74, 6) is 0. The van der Waals surface area contributed by atoms with Gasteiger partial charge in [0.25, 0.3) is 0 Å². The van der Waals surface area contributed by atoms with E-state index in [2.05, 4.69) is 30.3 Å². The number of halogens is 1. The summed E-state index contributed by atoms with van der Waals surface area (Å²) in [7, 11) is 2.11. The van der Waals surface area contributed by atoms with E-state index in [1.54, 1.807) is 0 Å². The number of rotatable bonds is 6. The molecule has 0 saturated carbocycles. The van der Waals surface area contributed by atoms with Gasteiger partial charge in [-0.05, 0) is 31.5 Å². The van der Waals surface area contributed by atoms with Gasteiger partial charge in [-0.3, -0.25) is 0 Å². The van der Waals surface area contributed by atoms with Gasteiger partial charge in [0, 0.05) is 43.0 Å². The summed E-state index contributed by atoms with van der Waals surface area (Å²) in [6, 6.07) is 6.10. The third-order valence-electron chi connectivity index (χ3n) is 3.56. The van der Waals surface area contributed by atoms with Crippen LogP contribution in [0.3, 0.4) is 0 Å². The fourth-order valence-electron chi connectivity index (χ4n) is 2.52. The van der Waals surface area contributed by atoms with Crippen LogP contribution >= 0.6 is 11.6 Å². The van der Waals surface area contributed by atoms with Crippen LogP contribution in [-0.4, -0.2) is 32.8 Å². The second kappa shape index (κ2) is 7.13. The monoisotopic (exact) mass is 282 g/mol. The molecular weight excluding hydrogens is 260 g/mol. The Hall–Kier alpha value is -0.770. The summed E-state index contributed by atoms with van der Waals surface area (Å²) >= 11 is 6.33. The molecule has 2 rings (SSSR count). The zero-order valence-electron chi connectivity index (χ0n) is 11.8. The van der Waals surface area contributed by atoms with Crippen molar-refractivity contribution >= 4 is 17.3 Å². The van der Waals surface area contributed by atoms with Crippen LogP contribution in [0.1, 0.15) is 25.3 Å². The molecule has 1 saturated heterocycles. The predicted molar refractivity (Wildman–Crippen MR) is 81.1 cm³/mol. The van der Waals surface area contributed by atoms with Crippen LogP contribution in [0.4, 0.5) is 5.69 Å². The SMILES string of the molecule is CCNCc1c(Cl)cccc1N(C)CC1CCCO1. The number of hydrogen-bond donors (Lipinski definition) is 1. The average molecular weight is 283 g/mol. The van der Waals surface area contributed by atoms with Crippen molar-refractivity contribution in [3.8, 4) is 0 Å². The Morgan fingerprint density at radius 3 is 3.00 bits per heavy atom. The molecular formula is C15H23ClN2O. The van der Waals surface area contributed by atoms with E-state index in [-0.39, 0.29) is 0 Å².